The van der Waals surface area contributed by atoms with E-state index in [1.54, 1.807) is 18.2 Å². The summed E-state index contributed by atoms with van der Waals surface area (Å²) in [4.78, 5) is 13.4. The molecule has 0 spiro atoms. The van der Waals surface area contributed by atoms with Crippen molar-refractivity contribution < 1.29 is 27.8 Å². The molecule has 5 rings (SSSR count). The highest BCUT2D eigenvalue weighted by Crippen LogP contribution is 2.47. The summed E-state index contributed by atoms with van der Waals surface area (Å²) in [6, 6.07) is 20.0. The van der Waals surface area contributed by atoms with E-state index < -0.39 is 6.36 Å². The highest BCUT2D eigenvalue weighted by molar-refractivity contribution is 5.56. The van der Waals surface area contributed by atoms with Gasteiger partial charge in [-0.1, -0.05) is 30.3 Å². The van der Waals surface area contributed by atoms with Crippen molar-refractivity contribution in [3.63, 3.8) is 0 Å². The third-order valence-corrected chi connectivity index (χ3v) is 7.46. The van der Waals surface area contributed by atoms with Gasteiger partial charge in [0, 0.05) is 30.6 Å². The lowest BCUT2D eigenvalue weighted by atomic mass is 9.69. The maximum atomic E-state index is 12.9. The van der Waals surface area contributed by atoms with Crippen LogP contribution in [0.25, 0.3) is 0 Å². The van der Waals surface area contributed by atoms with E-state index in [4.69, 9.17) is 0 Å². The molecule has 1 fully saturated rings. The predicted octanol–water partition coefficient (Wildman–Crippen LogP) is 6.57. The molecule has 3 aromatic rings. The number of hydrogen-bond donors (Lipinski definition) is 1. The van der Waals surface area contributed by atoms with Gasteiger partial charge in [0.15, 0.2) is 0 Å². The summed E-state index contributed by atoms with van der Waals surface area (Å²) in [7, 11) is 0. The van der Waals surface area contributed by atoms with Gasteiger partial charge in [-0.2, -0.15) is 0 Å². The Morgan fingerprint density at radius 1 is 0.917 bits per heavy atom. The molecule has 1 N–H and O–H groups in total. The molecule has 0 amide bonds. The van der Waals surface area contributed by atoms with E-state index in [2.05, 4.69) is 33.9 Å². The second kappa shape index (κ2) is 9.88. The molecule has 1 aliphatic carbocycles. The first-order valence-electron chi connectivity index (χ1n) is 12.3. The molecule has 0 aromatic heterocycles. The standard InChI is InChI=1S/C29H28F3NO3/c30-29(31,32)36-25-3-1-2-21(17-25)26-10-6-22-16-24(35)9-11-27(22)28(26)20-4-7-23(8-5-20)33-14-12-19(18-34)13-15-33/h1-5,7-9,11,16-19,26,28,35H,6,10,12-15H2/t26-,28+/m1/s1. The molecule has 36 heavy (non-hydrogen) atoms. The number of phenols is 1. The Kier molecular flexibility index (Phi) is 6.65. The van der Waals surface area contributed by atoms with Crippen molar-refractivity contribution in [1.82, 2.24) is 0 Å². The second-order valence-corrected chi connectivity index (χ2v) is 9.68. The lowest BCUT2D eigenvalue weighted by molar-refractivity contribution is -0.274. The van der Waals surface area contributed by atoms with Crippen molar-refractivity contribution in [2.45, 2.75) is 43.9 Å². The normalized spacial score (nSPS) is 20.6. The summed E-state index contributed by atoms with van der Waals surface area (Å²) in [6.45, 7) is 1.67. The van der Waals surface area contributed by atoms with Gasteiger partial charge in [0.2, 0.25) is 0 Å². The number of anilines is 1. The number of carbonyl (C=O) groups excluding carboxylic acids is 1. The Bertz CT molecular complexity index is 1220. The third kappa shape index (κ3) is 5.20. The van der Waals surface area contributed by atoms with E-state index in [0.29, 0.717) is 0 Å². The Morgan fingerprint density at radius 2 is 1.67 bits per heavy atom. The molecule has 4 nitrogen and oxygen atoms in total. The largest absolute Gasteiger partial charge is 0.573 e. The molecule has 3 aromatic carbocycles. The van der Waals surface area contributed by atoms with Crippen molar-refractivity contribution in [2.75, 3.05) is 18.0 Å². The van der Waals surface area contributed by atoms with Crippen LogP contribution in [-0.2, 0) is 11.2 Å². The Hall–Kier alpha value is -3.48. The number of fused-ring (bicyclic) bond motifs is 1. The molecule has 2 atom stereocenters. The Balaban J connectivity index is 1.48. The van der Waals surface area contributed by atoms with Gasteiger partial charge < -0.3 is 19.5 Å². The number of rotatable bonds is 5. The van der Waals surface area contributed by atoms with E-state index in [9.17, 15) is 23.1 Å². The summed E-state index contributed by atoms with van der Waals surface area (Å²) >= 11 is 0. The van der Waals surface area contributed by atoms with Crippen LogP contribution in [0.1, 0.15) is 53.4 Å². The fourth-order valence-corrected chi connectivity index (χ4v) is 5.71. The number of ether oxygens (including phenoxy) is 1. The van der Waals surface area contributed by atoms with Crippen molar-refractivity contribution in [2.24, 2.45) is 5.92 Å². The number of nitrogens with zero attached hydrogens (tertiary/aromatic N) is 1. The number of hydrogen-bond acceptors (Lipinski definition) is 4. The fourth-order valence-electron chi connectivity index (χ4n) is 5.71. The van der Waals surface area contributed by atoms with Crippen LogP contribution in [0.15, 0.2) is 66.7 Å². The average molecular weight is 496 g/mol. The van der Waals surface area contributed by atoms with Gasteiger partial charge in [0.05, 0.1) is 0 Å². The molecule has 7 heteroatoms. The molecule has 0 bridgehead atoms. The van der Waals surface area contributed by atoms with Crippen LogP contribution in [0.2, 0.25) is 0 Å². The van der Waals surface area contributed by atoms with Crippen LogP contribution in [0.4, 0.5) is 18.9 Å². The number of phenolic OH excluding ortho intramolecular Hbond substituents is 1. The molecule has 1 saturated heterocycles. The number of aldehydes is 1. The first kappa shape index (κ1) is 24.2. The van der Waals surface area contributed by atoms with Gasteiger partial charge in [-0.25, -0.2) is 0 Å². The van der Waals surface area contributed by atoms with Gasteiger partial charge in [-0.3, -0.25) is 0 Å². The van der Waals surface area contributed by atoms with Crippen molar-refractivity contribution in [3.05, 3.63) is 89.0 Å². The number of benzene rings is 3. The van der Waals surface area contributed by atoms with E-state index in [-0.39, 0.29) is 29.3 Å². The molecular weight excluding hydrogens is 467 g/mol. The quantitative estimate of drug-likeness (QED) is 0.407. The minimum Gasteiger partial charge on any atom is -0.508 e. The first-order valence-corrected chi connectivity index (χ1v) is 12.3. The zero-order valence-corrected chi connectivity index (χ0v) is 19.7. The zero-order valence-electron chi connectivity index (χ0n) is 19.7. The number of aromatic hydroxyl groups is 1. The van der Waals surface area contributed by atoms with E-state index in [0.717, 1.165) is 73.0 Å². The van der Waals surface area contributed by atoms with Crippen LogP contribution >= 0.6 is 0 Å². The highest BCUT2D eigenvalue weighted by atomic mass is 19.4. The number of piperidine rings is 1. The van der Waals surface area contributed by atoms with Gasteiger partial charge in [-0.15, -0.1) is 13.2 Å². The van der Waals surface area contributed by atoms with Gasteiger partial charge in [-0.05, 0) is 90.3 Å². The topological polar surface area (TPSA) is 49.8 Å². The van der Waals surface area contributed by atoms with Crippen LogP contribution in [0.5, 0.6) is 11.5 Å². The van der Waals surface area contributed by atoms with Gasteiger partial charge >= 0.3 is 6.36 Å². The molecular formula is C29H28F3NO3. The summed E-state index contributed by atoms with van der Waals surface area (Å²) < 4.78 is 42.8. The number of aryl methyl sites for hydroxylation is 1. The fraction of sp³-hybridized carbons (Fsp3) is 0.345. The zero-order chi connectivity index (χ0) is 25.3. The lowest BCUT2D eigenvalue weighted by Crippen LogP contribution is -2.34. The van der Waals surface area contributed by atoms with Crippen molar-refractivity contribution >= 4 is 12.0 Å². The minimum absolute atomic E-state index is 0.0481. The van der Waals surface area contributed by atoms with Crippen LogP contribution in [0.3, 0.4) is 0 Å². The molecule has 1 heterocycles. The van der Waals surface area contributed by atoms with Crippen LogP contribution < -0.4 is 9.64 Å². The SMILES string of the molecule is O=CC1CCN(c2ccc([C@@H]3c4ccc(O)cc4CC[C@@H]3c3cccc(OC(F)(F)F)c3)cc2)CC1. The Morgan fingerprint density at radius 3 is 2.36 bits per heavy atom. The molecule has 1 aliphatic heterocycles. The second-order valence-electron chi connectivity index (χ2n) is 9.68. The van der Waals surface area contributed by atoms with Gasteiger partial charge in [0.1, 0.15) is 17.8 Å². The first-order chi connectivity index (χ1) is 17.3. The Labute approximate surface area is 208 Å². The number of halogens is 3. The smallest absolute Gasteiger partial charge is 0.508 e. The molecule has 2 aliphatic rings. The van der Waals surface area contributed by atoms with Gasteiger partial charge in [0.25, 0.3) is 0 Å². The maximum Gasteiger partial charge on any atom is 0.573 e. The molecule has 0 saturated carbocycles. The van der Waals surface area contributed by atoms with E-state index in [1.165, 1.54) is 12.1 Å². The monoisotopic (exact) mass is 495 g/mol. The number of carbonyl (C=O) groups is 1. The highest BCUT2D eigenvalue weighted by Gasteiger charge is 2.34. The van der Waals surface area contributed by atoms with Crippen LogP contribution in [-0.4, -0.2) is 30.8 Å². The summed E-state index contributed by atoms with van der Waals surface area (Å²) in [6.07, 6.45) is -0.540. The van der Waals surface area contributed by atoms with E-state index in [1.807, 2.05) is 12.1 Å². The minimum atomic E-state index is -4.75. The lowest BCUT2D eigenvalue weighted by Gasteiger charge is -2.35. The van der Waals surface area contributed by atoms with Crippen molar-refractivity contribution in [3.8, 4) is 11.5 Å². The molecule has 0 unspecified atom stereocenters. The number of alkyl halides is 3. The van der Waals surface area contributed by atoms with Crippen molar-refractivity contribution in [1.29, 1.82) is 0 Å². The summed E-state index contributed by atoms with van der Waals surface area (Å²) in [5.74, 6) is -0.00296. The summed E-state index contributed by atoms with van der Waals surface area (Å²) in [5, 5.41) is 10.0. The molecule has 0 radical (unpaired) electrons. The molecule has 188 valence electrons. The average Bonchev–Trinajstić information content (AvgIpc) is 2.87. The summed E-state index contributed by atoms with van der Waals surface area (Å²) in [5.41, 5.74) is 5.09. The predicted molar refractivity (Wildman–Crippen MR) is 132 cm³/mol. The van der Waals surface area contributed by atoms with Crippen LogP contribution in [0, 0.1) is 5.92 Å². The third-order valence-electron chi connectivity index (χ3n) is 7.46. The maximum absolute atomic E-state index is 12.9. The van der Waals surface area contributed by atoms with E-state index >= 15 is 0 Å².